The van der Waals surface area contributed by atoms with E-state index in [-0.39, 0.29) is 6.61 Å². The molecule has 0 spiro atoms. The van der Waals surface area contributed by atoms with Crippen LogP contribution in [0.1, 0.15) is 27.7 Å². The Morgan fingerprint density at radius 1 is 1.21 bits per heavy atom. The molecule has 0 rings (SSSR count). The Morgan fingerprint density at radius 3 is 1.93 bits per heavy atom. The zero-order valence-electron chi connectivity index (χ0n) is 8.84. The molecule has 1 amide bonds. The molecule has 0 aromatic rings. The van der Waals surface area contributed by atoms with Gasteiger partial charge in [0.25, 0.3) is 0 Å². The monoisotopic (exact) mass is 201 g/mol. The van der Waals surface area contributed by atoms with Crippen LogP contribution >= 0.6 is 0 Å². The summed E-state index contributed by atoms with van der Waals surface area (Å²) in [5.74, 6) is -0.837. The van der Waals surface area contributed by atoms with E-state index in [2.05, 4.69) is 10.1 Å². The molecule has 5 heteroatoms. The van der Waals surface area contributed by atoms with Crippen molar-refractivity contribution in [2.24, 2.45) is 0 Å². The minimum absolute atomic E-state index is 0.192. The van der Waals surface area contributed by atoms with Crippen molar-refractivity contribution in [1.82, 2.24) is 5.32 Å². The lowest BCUT2D eigenvalue weighted by molar-refractivity contribution is -0.132. The van der Waals surface area contributed by atoms with Crippen LogP contribution in [0, 0.1) is 0 Å². The van der Waals surface area contributed by atoms with Gasteiger partial charge in [-0.05, 0) is 27.7 Å². The molecule has 5 nitrogen and oxygen atoms in total. The molecule has 0 aliphatic carbocycles. The van der Waals surface area contributed by atoms with E-state index in [0.29, 0.717) is 0 Å². The van der Waals surface area contributed by atoms with Crippen LogP contribution in [0.3, 0.4) is 0 Å². The van der Waals surface area contributed by atoms with Crippen molar-refractivity contribution in [3.63, 3.8) is 0 Å². The predicted molar refractivity (Wildman–Crippen MR) is 49.9 cm³/mol. The molecule has 0 aliphatic heterocycles. The number of hydrogen-bond acceptors (Lipinski definition) is 4. The zero-order valence-corrected chi connectivity index (χ0v) is 8.84. The van der Waals surface area contributed by atoms with Crippen LogP contribution in [0.2, 0.25) is 0 Å². The third kappa shape index (κ3) is 2.83. The van der Waals surface area contributed by atoms with Crippen LogP contribution in [0.5, 0.6) is 0 Å². The number of alkyl carbamates (subject to hydrolysis) is 1. The maximum Gasteiger partial charge on any atom is 0.408 e. The molecule has 0 aromatic heterocycles. The lowest BCUT2D eigenvalue weighted by Gasteiger charge is -2.24. The van der Waals surface area contributed by atoms with Gasteiger partial charge in [-0.1, -0.05) is 0 Å². The molecule has 0 heterocycles. The van der Waals surface area contributed by atoms with Gasteiger partial charge in [-0.2, -0.15) is 0 Å². The van der Waals surface area contributed by atoms with E-state index >= 15 is 0 Å². The third-order valence-electron chi connectivity index (χ3n) is 2.04. The quantitative estimate of drug-likeness (QED) is 0.678. The first-order valence-electron chi connectivity index (χ1n) is 4.31. The van der Waals surface area contributed by atoms with Crippen molar-refractivity contribution in [3.8, 4) is 0 Å². The summed E-state index contributed by atoms with van der Waals surface area (Å²) < 4.78 is 4.58. The SMILES string of the molecule is CCOC(=O)NC(C)(C(C)=O)C(C)=O. The van der Waals surface area contributed by atoms with E-state index in [1.807, 2.05) is 0 Å². The summed E-state index contributed by atoms with van der Waals surface area (Å²) in [4.78, 5) is 33.3. The second-order valence-corrected chi connectivity index (χ2v) is 3.08. The molecule has 0 unspecified atom stereocenters. The largest absolute Gasteiger partial charge is 0.450 e. The van der Waals surface area contributed by atoms with E-state index in [4.69, 9.17) is 0 Å². The maximum atomic E-state index is 11.2. The number of Topliss-reactive ketones (excluding diaryl/α,β-unsaturated/α-hetero) is 2. The van der Waals surface area contributed by atoms with E-state index in [1.165, 1.54) is 20.8 Å². The topological polar surface area (TPSA) is 72.5 Å². The molecule has 14 heavy (non-hydrogen) atoms. The van der Waals surface area contributed by atoms with Crippen LogP contribution in [0.25, 0.3) is 0 Å². The Hall–Kier alpha value is -1.39. The van der Waals surface area contributed by atoms with E-state index in [1.54, 1.807) is 6.92 Å². The van der Waals surface area contributed by atoms with Crippen molar-refractivity contribution in [2.75, 3.05) is 6.61 Å². The number of rotatable bonds is 4. The highest BCUT2D eigenvalue weighted by atomic mass is 16.5. The maximum absolute atomic E-state index is 11.2. The highest BCUT2D eigenvalue weighted by Gasteiger charge is 2.37. The lowest BCUT2D eigenvalue weighted by Crippen LogP contribution is -2.56. The summed E-state index contributed by atoms with van der Waals surface area (Å²) in [7, 11) is 0. The van der Waals surface area contributed by atoms with Gasteiger partial charge in [0, 0.05) is 0 Å². The standard InChI is InChI=1S/C9H15NO4/c1-5-14-8(13)10-9(4,6(2)11)7(3)12/h5H2,1-4H3,(H,10,13). The summed E-state index contributed by atoms with van der Waals surface area (Å²) in [6, 6.07) is 0. The van der Waals surface area contributed by atoms with Gasteiger partial charge in [-0.3, -0.25) is 9.59 Å². The van der Waals surface area contributed by atoms with Crippen LogP contribution < -0.4 is 5.32 Å². The molecule has 0 saturated carbocycles. The van der Waals surface area contributed by atoms with Crippen molar-refractivity contribution >= 4 is 17.7 Å². The molecule has 80 valence electrons. The molecule has 1 N–H and O–H groups in total. The summed E-state index contributed by atoms with van der Waals surface area (Å²) in [6.45, 7) is 5.67. The van der Waals surface area contributed by atoms with E-state index in [9.17, 15) is 14.4 Å². The molecular weight excluding hydrogens is 186 g/mol. The Balaban J connectivity index is 4.62. The fourth-order valence-corrected chi connectivity index (χ4v) is 0.795. The van der Waals surface area contributed by atoms with Crippen molar-refractivity contribution in [2.45, 2.75) is 33.2 Å². The second-order valence-electron chi connectivity index (χ2n) is 3.08. The average Bonchev–Trinajstić information content (AvgIpc) is 2.03. The summed E-state index contributed by atoms with van der Waals surface area (Å²) in [5, 5.41) is 2.23. The van der Waals surface area contributed by atoms with Gasteiger partial charge in [0.05, 0.1) is 6.61 Å². The van der Waals surface area contributed by atoms with Crippen molar-refractivity contribution in [3.05, 3.63) is 0 Å². The minimum atomic E-state index is -1.48. The fraction of sp³-hybridized carbons (Fsp3) is 0.667. The van der Waals surface area contributed by atoms with Crippen molar-refractivity contribution in [1.29, 1.82) is 0 Å². The van der Waals surface area contributed by atoms with Gasteiger partial charge >= 0.3 is 6.09 Å². The number of nitrogens with one attached hydrogen (secondary N) is 1. The number of ketones is 2. The fourth-order valence-electron chi connectivity index (χ4n) is 0.795. The normalized spacial score (nSPS) is 10.6. The predicted octanol–water partition coefficient (Wildman–Crippen LogP) is 0.669. The molecule has 0 fully saturated rings. The Bertz CT molecular complexity index is 246. The van der Waals surface area contributed by atoms with Crippen LogP contribution in [-0.2, 0) is 14.3 Å². The molecule has 0 radical (unpaired) electrons. The summed E-state index contributed by atoms with van der Waals surface area (Å²) in [5.41, 5.74) is -1.48. The molecule has 0 bridgehead atoms. The van der Waals surface area contributed by atoms with Gasteiger partial charge in [0.15, 0.2) is 17.1 Å². The van der Waals surface area contributed by atoms with Crippen LogP contribution in [0.15, 0.2) is 0 Å². The Labute approximate surface area is 82.8 Å². The first-order valence-corrected chi connectivity index (χ1v) is 4.31. The van der Waals surface area contributed by atoms with Gasteiger partial charge in [-0.25, -0.2) is 4.79 Å². The molecular formula is C9H15NO4. The highest BCUT2D eigenvalue weighted by molar-refractivity contribution is 6.11. The Morgan fingerprint density at radius 2 is 1.64 bits per heavy atom. The number of hydrogen-bond donors (Lipinski definition) is 1. The smallest absolute Gasteiger partial charge is 0.408 e. The van der Waals surface area contributed by atoms with Crippen LogP contribution in [0.4, 0.5) is 4.79 Å². The van der Waals surface area contributed by atoms with E-state index < -0.39 is 23.2 Å². The zero-order chi connectivity index (χ0) is 11.4. The third-order valence-corrected chi connectivity index (χ3v) is 2.04. The van der Waals surface area contributed by atoms with Crippen molar-refractivity contribution < 1.29 is 19.1 Å². The molecule has 0 saturated heterocycles. The first-order chi connectivity index (χ1) is 6.34. The van der Waals surface area contributed by atoms with Crippen LogP contribution in [-0.4, -0.2) is 29.8 Å². The van der Waals surface area contributed by atoms with Gasteiger partial charge < -0.3 is 10.1 Å². The minimum Gasteiger partial charge on any atom is -0.450 e. The molecule has 0 atom stereocenters. The number of carbonyl (C=O) groups is 3. The number of amides is 1. The average molecular weight is 201 g/mol. The van der Waals surface area contributed by atoms with E-state index in [0.717, 1.165) is 0 Å². The first kappa shape index (κ1) is 12.6. The van der Waals surface area contributed by atoms with Gasteiger partial charge in [0.1, 0.15) is 0 Å². The number of carbonyl (C=O) groups excluding carboxylic acids is 3. The highest BCUT2D eigenvalue weighted by Crippen LogP contribution is 2.07. The van der Waals surface area contributed by atoms with Gasteiger partial charge in [-0.15, -0.1) is 0 Å². The number of ether oxygens (including phenoxy) is 1. The second kappa shape index (κ2) is 4.74. The molecule has 0 aliphatic rings. The summed E-state index contributed by atoms with van der Waals surface area (Å²) >= 11 is 0. The van der Waals surface area contributed by atoms with Gasteiger partial charge in [0.2, 0.25) is 0 Å². The summed E-state index contributed by atoms with van der Waals surface area (Å²) in [6.07, 6.45) is -0.764. The lowest BCUT2D eigenvalue weighted by atomic mass is 9.93. The molecule has 0 aromatic carbocycles. The Kier molecular flexibility index (Phi) is 4.27.